The van der Waals surface area contributed by atoms with E-state index in [4.69, 9.17) is 9.57 Å². The first-order valence-corrected chi connectivity index (χ1v) is 24.2. The average Bonchev–Trinajstić information content (AvgIpc) is 3.16. The molecule has 0 rings (SSSR count). The van der Waals surface area contributed by atoms with Gasteiger partial charge in [-0.1, -0.05) is 227 Å². The molecule has 0 bridgehead atoms. The minimum Gasteiger partial charge on any atom is -0.465 e. The second-order valence-corrected chi connectivity index (χ2v) is 13.6. The predicted octanol–water partition coefficient (Wildman–Crippen LogP) is 16.9. The maximum Gasteiger partial charge on any atom is 0.325 e. The summed E-state index contributed by atoms with van der Waals surface area (Å²) in [6.45, 7) is 39.9. The molecule has 0 amide bonds. The molecule has 0 radical (unpaired) electrons. The Hall–Kier alpha value is -1.14. The molecule has 0 aromatic heterocycles. The van der Waals surface area contributed by atoms with E-state index in [1.54, 1.807) is 5.06 Å². The molecule has 1 atom stereocenters. The summed E-state index contributed by atoms with van der Waals surface area (Å²) in [5, 5.41) is 1.66. The minimum atomic E-state index is -0.146. The zero-order chi connectivity index (χ0) is 45.0. The van der Waals surface area contributed by atoms with Gasteiger partial charge in [0.1, 0.15) is 0 Å². The highest BCUT2D eigenvalue weighted by molar-refractivity contribution is 5.72. The number of carbonyl (C=O) groups is 2. The maximum atomic E-state index is 12.5. The van der Waals surface area contributed by atoms with Crippen molar-refractivity contribution in [2.75, 3.05) is 40.8 Å². The summed E-state index contributed by atoms with van der Waals surface area (Å²) in [5.74, 6) is -0.0122. The van der Waals surface area contributed by atoms with Crippen molar-refractivity contribution in [2.45, 2.75) is 266 Å². The van der Waals surface area contributed by atoms with Crippen LogP contribution in [0.3, 0.4) is 0 Å². The fourth-order valence-electron chi connectivity index (χ4n) is 4.08. The van der Waals surface area contributed by atoms with Crippen LogP contribution in [0.15, 0.2) is 0 Å². The van der Waals surface area contributed by atoms with Crippen LogP contribution in [0.4, 0.5) is 0 Å². The SMILES string of the molecule is CC.CC.CC.CCC.CCC.CCC.CCC.CCC.CCCCCCC(CCCCC)C(=O)OCCCCCCCCN(C)OC(=O)CCCN(C)C. The quantitative estimate of drug-likeness (QED) is 0.0551. The van der Waals surface area contributed by atoms with Crippen molar-refractivity contribution in [2.24, 2.45) is 5.92 Å². The van der Waals surface area contributed by atoms with E-state index in [2.05, 4.69) is 88.0 Å². The molecule has 6 heteroatoms. The number of rotatable bonds is 24. The van der Waals surface area contributed by atoms with Crippen molar-refractivity contribution in [1.29, 1.82) is 0 Å². The van der Waals surface area contributed by atoms with E-state index in [0.717, 1.165) is 83.7 Å². The van der Waals surface area contributed by atoms with Gasteiger partial charge in [-0.2, -0.15) is 0 Å². The Labute approximate surface area is 352 Å². The van der Waals surface area contributed by atoms with E-state index in [-0.39, 0.29) is 17.9 Å². The fourth-order valence-corrected chi connectivity index (χ4v) is 4.08. The molecule has 55 heavy (non-hydrogen) atoms. The van der Waals surface area contributed by atoms with Gasteiger partial charge in [-0.05, 0) is 52.7 Å². The number of hydrogen-bond donors (Lipinski definition) is 0. The molecule has 0 spiro atoms. The highest BCUT2D eigenvalue weighted by Gasteiger charge is 2.19. The summed E-state index contributed by atoms with van der Waals surface area (Å²) in [7, 11) is 5.84. The van der Waals surface area contributed by atoms with E-state index < -0.39 is 0 Å². The zero-order valence-corrected chi connectivity index (χ0v) is 42.8. The van der Waals surface area contributed by atoms with E-state index in [0.29, 0.717) is 13.0 Å². The Balaban J connectivity index is -0.000000120. The normalized spacial score (nSPS) is 9.58. The Morgan fingerprint density at radius 3 is 1.20 bits per heavy atom. The molecule has 0 saturated heterocycles. The number of esters is 1. The molecule has 0 aliphatic heterocycles. The Kier molecular flexibility index (Phi) is 116. The van der Waals surface area contributed by atoms with Crippen molar-refractivity contribution >= 4 is 11.9 Å². The molecule has 344 valence electrons. The molecule has 1 unspecified atom stereocenters. The van der Waals surface area contributed by atoms with Crippen molar-refractivity contribution in [3.8, 4) is 0 Å². The van der Waals surface area contributed by atoms with Crippen molar-refractivity contribution in [3.05, 3.63) is 0 Å². The van der Waals surface area contributed by atoms with E-state index in [9.17, 15) is 9.59 Å². The monoisotopic (exact) mass is 795 g/mol. The van der Waals surface area contributed by atoms with E-state index >= 15 is 0 Å². The van der Waals surface area contributed by atoms with Gasteiger partial charge in [-0.25, -0.2) is 0 Å². The van der Waals surface area contributed by atoms with Crippen LogP contribution in [-0.2, 0) is 19.2 Å². The minimum absolute atomic E-state index is 0.0342. The van der Waals surface area contributed by atoms with Crippen molar-refractivity contribution < 1.29 is 19.2 Å². The van der Waals surface area contributed by atoms with E-state index in [1.807, 2.05) is 62.7 Å². The summed E-state index contributed by atoms with van der Waals surface area (Å²) in [5.41, 5.74) is 0. The van der Waals surface area contributed by atoms with Gasteiger partial charge >= 0.3 is 11.9 Å². The molecule has 0 saturated carbocycles. The van der Waals surface area contributed by atoms with Crippen molar-refractivity contribution in [1.82, 2.24) is 9.96 Å². The molecule has 0 aromatic carbocycles. The zero-order valence-electron chi connectivity index (χ0n) is 42.8. The summed E-state index contributed by atoms with van der Waals surface area (Å²) in [6, 6.07) is 0. The van der Waals surface area contributed by atoms with Gasteiger partial charge in [-0.3, -0.25) is 9.59 Å². The lowest BCUT2D eigenvalue weighted by Crippen LogP contribution is -2.25. The first-order valence-electron chi connectivity index (χ1n) is 24.2. The summed E-state index contributed by atoms with van der Waals surface area (Å²) in [6.07, 6.45) is 24.4. The largest absolute Gasteiger partial charge is 0.465 e. The molecule has 6 nitrogen and oxygen atoms in total. The van der Waals surface area contributed by atoms with Crippen LogP contribution in [-0.4, -0.2) is 62.7 Å². The molecule has 0 fully saturated rings. The lowest BCUT2D eigenvalue weighted by Gasteiger charge is -2.16. The molecule has 0 aromatic rings. The van der Waals surface area contributed by atoms with Crippen LogP contribution in [0.25, 0.3) is 0 Å². The highest BCUT2D eigenvalue weighted by Crippen LogP contribution is 2.20. The number of unbranched alkanes of at least 4 members (excludes halogenated alkanes) is 10. The van der Waals surface area contributed by atoms with Crippen LogP contribution in [0.5, 0.6) is 0 Å². The molecular weight excluding hydrogens is 681 g/mol. The Bertz CT molecular complexity index is 547. The van der Waals surface area contributed by atoms with Gasteiger partial charge < -0.3 is 14.5 Å². The second kappa shape index (κ2) is 85.2. The summed E-state index contributed by atoms with van der Waals surface area (Å²) in [4.78, 5) is 31.7. The van der Waals surface area contributed by atoms with Crippen LogP contribution < -0.4 is 0 Å². The molecule has 0 N–H and O–H groups in total. The second-order valence-electron chi connectivity index (χ2n) is 13.6. The van der Waals surface area contributed by atoms with Crippen LogP contribution in [0.2, 0.25) is 0 Å². The first-order chi connectivity index (χ1) is 26.5. The van der Waals surface area contributed by atoms with Gasteiger partial charge in [-0.15, -0.1) is 5.06 Å². The lowest BCUT2D eigenvalue weighted by molar-refractivity contribution is -0.184. The molecule has 0 aliphatic carbocycles. The number of nitrogens with zero attached hydrogens (tertiary/aromatic N) is 2. The smallest absolute Gasteiger partial charge is 0.325 e. The predicted molar refractivity (Wildman–Crippen MR) is 255 cm³/mol. The van der Waals surface area contributed by atoms with Gasteiger partial charge in [0.25, 0.3) is 0 Å². The highest BCUT2D eigenvalue weighted by atomic mass is 16.7. The number of ether oxygens (including phenoxy) is 1. The lowest BCUT2D eigenvalue weighted by atomic mass is 9.95. The standard InChI is InChI=1S/C28H56N2O4.5C3H8.3C2H6/c1-6-8-10-16-21-26(20-15-9-7-2)28(32)33-25-18-14-12-11-13-17-24-30(5)34-27(31)22-19-23-29(3)4;5*1-3-2;3*1-2/h26H,6-25H2,1-5H3;5*3H2,1-2H3;3*1-2H3. The molecule has 0 aliphatic rings. The number of carbonyl (C=O) groups excluding carboxylic acids is 2. The van der Waals surface area contributed by atoms with Crippen LogP contribution in [0.1, 0.15) is 266 Å². The van der Waals surface area contributed by atoms with Gasteiger partial charge in [0.2, 0.25) is 0 Å². The third-order valence-corrected chi connectivity index (χ3v) is 6.25. The topological polar surface area (TPSA) is 59.1 Å². The molecule has 0 heterocycles. The molecular formula is C49H114N2O4. The summed E-state index contributed by atoms with van der Waals surface area (Å²) < 4.78 is 5.63. The van der Waals surface area contributed by atoms with Crippen molar-refractivity contribution in [3.63, 3.8) is 0 Å². The third-order valence-electron chi connectivity index (χ3n) is 6.25. The van der Waals surface area contributed by atoms with Gasteiger partial charge in [0.15, 0.2) is 0 Å². The van der Waals surface area contributed by atoms with E-state index in [1.165, 1.54) is 64.2 Å². The Morgan fingerprint density at radius 1 is 0.455 bits per heavy atom. The van der Waals surface area contributed by atoms with Gasteiger partial charge in [0, 0.05) is 20.0 Å². The van der Waals surface area contributed by atoms with Crippen LogP contribution in [0, 0.1) is 5.92 Å². The number of hydrogen-bond acceptors (Lipinski definition) is 6. The Morgan fingerprint density at radius 2 is 0.800 bits per heavy atom. The first kappa shape index (κ1) is 74.8. The average molecular weight is 795 g/mol. The maximum absolute atomic E-state index is 12.5. The summed E-state index contributed by atoms with van der Waals surface area (Å²) >= 11 is 0. The van der Waals surface area contributed by atoms with Crippen LogP contribution >= 0.6 is 0 Å². The fraction of sp³-hybridized carbons (Fsp3) is 0.959. The van der Waals surface area contributed by atoms with Gasteiger partial charge in [0.05, 0.1) is 12.5 Å². The third kappa shape index (κ3) is 106. The number of hydroxylamine groups is 2.